The lowest BCUT2D eigenvalue weighted by Crippen LogP contribution is -2.34. The Morgan fingerprint density at radius 2 is 1.97 bits per heavy atom. The first kappa shape index (κ1) is 17.9. The van der Waals surface area contributed by atoms with E-state index in [1.165, 1.54) is 6.07 Å². The Labute approximate surface area is 166 Å². The molecular weight excluding hydrogens is 371 g/mol. The van der Waals surface area contributed by atoms with E-state index in [4.69, 9.17) is 0 Å². The summed E-state index contributed by atoms with van der Waals surface area (Å²) in [5, 5.41) is 7.87. The number of halogens is 1. The minimum Gasteiger partial charge on any atom is -0.317 e. The Morgan fingerprint density at radius 1 is 1.17 bits per heavy atom. The Kier molecular flexibility index (Phi) is 4.16. The number of nitrogens with zero attached hydrogens (tertiary/aromatic N) is 5. The molecular formula is C21H21FN6O. The largest absolute Gasteiger partial charge is 0.317 e. The van der Waals surface area contributed by atoms with Crippen molar-refractivity contribution in [3.8, 4) is 11.3 Å². The van der Waals surface area contributed by atoms with Crippen LogP contribution in [0.2, 0.25) is 0 Å². The summed E-state index contributed by atoms with van der Waals surface area (Å²) in [7, 11) is 0. The summed E-state index contributed by atoms with van der Waals surface area (Å²) in [4.78, 5) is 21.8. The van der Waals surface area contributed by atoms with Crippen LogP contribution in [0.4, 0.5) is 4.39 Å². The maximum Gasteiger partial charge on any atom is 0.264 e. The van der Waals surface area contributed by atoms with Crippen molar-refractivity contribution in [2.24, 2.45) is 0 Å². The molecule has 1 aromatic carbocycles. The molecule has 0 atom stereocenters. The molecule has 0 radical (unpaired) electrons. The van der Waals surface area contributed by atoms with Crippen LogP contribution in [0.25, 0.3) is 27.7 Å². The molecule has 1 N–H and O–H groups in total. The minimum absolute atomic E-state index is 0.0345. The molecule has 0 unspecified atom stereocenters. The first-order chi connectivity index (χ1) is 14.0. The van der Waals surface area contributed by atoms with Crippen molar-refractivity contribution in [1.82, 2.24) is 29.5 Å². The van der Waals surface area contributed by atoms with E-state index < -0.39 is 5.82 Å². The fourth-order valence-corrected chi connectivity index (χ4v) is 4.14. The van der Waals surface area contributed by atoms with Gasteiger partial charge in [-0.15, -0.1) is 0 Å². The van der Waals surface area contributed by atoms with E-state index in [1.807, 2.05) is 26.1 Å². The second kappa shape index (κ2) is 6.73. The van der Waals surface area contributed by atoms with Gasteiger partial charge in [-0.25, -0.2) is 13.9 Å². The van der Waals surface area contributed by atoms with E-state index in [0.717, 1.165) is 42.8 Å². The van der Waals surface area contributed by atoms with Crippen LogP contribution in [0.3, 0.4) is 0 Å². The van der Waals surface area contributed by atoms with E-state index in [-0.39, 0.29) is 17.0 Å². The van der Waals surface area contributed by atoms with Gasteiger partial charge in [0.15, 0.2) is 0 Å². The Bertz CT molecular complexity index is 1300. The van der Waals surface area contributed by atoms with Crippen LogP contribution in [0.5, 0.6) is 0 Å². The highest BCUT2D eigenvalue weighted by atomic mass is 19.1. The number of nitrogens with one attached hydrogen (secondary N) is 1. The number of hydrogen-bond donors (Lipinski definition) is 1. The standard InChI is InChI=1S/C21H21FN6O/c1-12-10-28-19(13(2)25-12)9-17(26-28)14-7-16(22)20-18(8-14)24-11-27(21(20)29)15-3-5-23-6-4-15/h7-11,15,23H,3-6H2,1-2H3. The number of fused-ring (bicyclic) bond motifs is 2. The molecule has 0 bridgehead atoms. The summed E-state index contributed by atoms with van der Waals surface area (Å²) in [5.74, 6) is -0.568. The van der Waals surface area contributed by atoms with Gasteiger partial charge < -0.3 is 5.32 Å². The third-order valence-corrected chi connectivity index (χ3v) is 5.60. The number of piperidine rings is 1. The van der Waals surface area contributed by atoms with Gasteiger partial charge in [0.1, 0.15) is 11.2 Å². The van der Waals surface area contributed by atoms with Gasteiger partial charge in [-0.1, -0.05) is 0 Å². The van der Waals surface area contributed by atoms with Crippen LogP contribution in [0.15, 0.2) is 35.5 Å². The lowest BCUT2D eigenvalue weighted by molar-refractivity contribution is 0.359. The van der Waals surface area contributed by atoms with E-state index in [2.05, 4.69) is 20.4 Å². The van der Waals surface area contributed by atoms with Crippen molar-refractivity contribution in [2.75, 3.05) is 13.1 Å². The molecule has 0 saturated carbocycles. The van der Waals surface area contributed by atoms with E-state index in [1.54, 1.807) is 21.5 Å². The van der Waals surface area contributed by atoms with Gasteiger partial charge in [0.2, 0.25) is 0 Å². The molecule has 1 aliphatic rings. The average Bonchev–Trinajstić information content (AvgIpc) is 3.13. The predicted molar refractivity (Wildman–Crippen MR) is 109 cm³/mol. The number of benzene rings is 1. The topological polar surface area (TPSA) is 77.1 Å². The molecule has 4 aromatic rings. The zero-order chi connectivity index (χ0) is 20.1. The predicted octanol–water partition coefficient (Wildman–Crippen LogP) is 2.79. The second-order valence-corrected chi connectivity index (χ2v) is 7.62. The maximum absolute atomic E-state index is 15.0. The van der Waals surface area contributed by atoms with Crippen molar-refractivity contribution in [3.05, 3.63) is 58.3 Å². The molecule has 5 rings (SSSR count). The van der Waals surface area contributed by atoms with Crippen molar-refractivity contribution in [3.63, 3.8) is 0 Å². The van der Waals surface area contributed by atoms with Gasteiger partial charge in [0.25, 0.3) is 5.56 Å². The van der Waals surface area contributed by atoms with Crippen LogP contribution >= 0.6 is 0 Å². The number of hydrogen-bond acceptors (Lipinski definition) is 5. The van der Waals surface area contributed by atoms with Crippen molar-refractivity contribution >= 4 is 16.4 Å². The molecule has 0 spiro atoms. The third-order valence-electron chi connectivity index (χ3n) is 5.60. The van der Waals surface area contributed by atoms with Crippen LogP contribution in [-0.4, -0.2) is 37.2 Å². The van der Waals surface area contributed by atoms with Crippen LogP contribution in [-0.2, 0) is 0 Å². The van der Waals surface area contributed by atoms with Gasteiger partial charge in [-0.05, 0) is 58.0 Å². The molecule has 0 amide bonds. The van der Waals surface area contributed by atoms with Crippen molar-refractivity contribution in [1.29, 1.82) is 0 Å². The van der Waals surface area contributed by atoms with Crippen LogP contribution in [0.1, 0.15) is 30.3 Å². The first-order valence-electron chi connectivity index (χ1n) is 9.76. The summed E-state index contributed by atoms with van der Waals surface area (Å²) in [5.41, 5.74) is 3.80. The lowest BCUT2D eigenvalue weighted by atomic mass is 10.1. The monoisotopic (exact) mass is 392 g/mol. The summed E-state index contributed by atoms with van der Waals surface area (Å²) in [6.45, 7) is 5.51. The van der Waals surface area contributed by atoms with E-state index in [9.17, 15) is 4.79 Å². The molecule has 0 aliphatic carbocycles. The number of rotatable bonds is 2. The average molecular weight is 392 g/mol. The van der Waals surface area contributed by atoms with E-state index >= 15 is 4.39 Å². The highest BCUT2D eigenvalue weighted by Gasteiger charge is 2.20. The normalized spacial score (nSPS) is 15.4. The molecule has 1 aliphatic heterocycles. The van der Waals surface area contributed by atoms with Gasteiger partial charge in [-0.3, -0.25) is 14.3 Å². The second-order valence-electron chi connectivity index (χ2n) is 7.62. The lowest BCUT2D eigenvalue weighted by Gasteiger charge is -2.24. The van der Waals surface area contributed by atoms with E-state index in [0.29, 0.717) is 16.8 Å². The number of aryl methyl sites for hydroxylation is 2. The zero-order valence-electron chi connectivity index (χ0n) is 16.3. The SMILES string of the molecule is Cc1cn2nc(-c3cc(F)c4c(=O)n(C5CCNCC5)cnc4c3)cc2c(C)n1. The zero-order valence-corrected chi connectivity index (χ0v) is 16.3. The molecule has 148 valence electrons. The summed E-state index contributed by atoms with van der Waals surface area (Å²) >= 11 is 0. The highest BCUT2D eigenvalue weighted by molar-refractivity contribution is 5.84. The Balaban J connectivity index is 1.64. The van der Waals surface area contributed by atoms with Gasteiger partial charge in [-0.2, -0.15) is 5.10 Å². The number of aromatic nitrogens is 5. The van der Waals surface area contributed by atoms with Gasteiger partial charge >= 0.3 is 0 Å². The molecule has 1 saturated heterocycles. The smallest absolute Gasteiger partial charge is 0.264 e. The Morgan fingerprint density at radius 3 is 2.76 bits per heavy atom. The third kappa shape index (κ3) is 3.00. The van der Waals surface area contributed by atoms with Crippen molar-refractivity contribution < 1.29 is 4.39 Å². The first-order valence-corrected chi connectivity index (χ1v) is 9.76. The van der Waals surface area contributed by atoms with Crippen LogP contribution < -0.4 is 10.9 Å². The Hall–Kier alpha value is -3.13. The van der Waals surface area contributed by atoms with Crippen LogP contribution in [0, 0.1) is 19.7 Å². The summed E-state index contributed by atoms with van der Waals surface area (Å²) < 4.78 is 18.4. The molecule has 3 aromatic heterocycles. The highest BCUT2D eigenvalue weighted by Crippen LogP contribution is 2.26. The molecule has 29 heavy (non-hydrogen) atoms. The van der Waals surface area contributed by atoms with Gasteiger partial charge in [0.05, 0.1) is 40.6 Å². The molecule has 1 fully saturated rings. The molecule has 7 nitrogen and oxygen atoms in total. The minimum atomic E-state index is -0.568. The summed E-state index contributed by atoms with van der Waals surface area (Å²) in [6, 6.07) is 5.02. The van der Waals surface area contributed by atoms with Crippen molar-refractivity contribution in [2.45, 2.75) is 32.7 Å². The fraction of sp³-hybridized carbons (Fsp3) is 0.333. The quantitative estimate of drug-likeness (QED) is 0.568. The fourth-order valence-electron chi connectivity index (χ4n) is 4.14. The molecule has 4 heterocycles. The maximum atomic E-state index is 15.0. The molecule has 8 heteroatoms. The van der Waals surface area contributed by atoms with Gasteiger partial charge in [0, 0.05) is 11.6 Å². The summed E-state index contributed by atoms with van der Waals surface area (Å²) in [6.07, 6.45) is 5.05.